The van der Waals surface area contributed by atoms with Crippen LogP contribution in [0.25, 0.3) is 0 Å². The van der Waals surface area contributed by atoms with Crippen molar-refractivity contribution in [1.82, 2.24) is 0 Å². The molecule has 6 heteroatoms. The first-order valence-electron chi connectivity index (χ1n) is 4.56. The summed E-state index contributed by atoms with van der Waals surface area (Å²) in [5, 5.41) is 12.9. The van der Waals surface area contributed by atoms with Crippen LogP contribution in [-0.4, -0.2) is 19.0 Å². The highest BCUT2D eigenvalue weighted by atomic mass is 35.5. The third-order valence-electron chi connectivity index (χ3n) is 1.79. The van der Waals surface area contributed by atoms with Gasteiger partial charge in [-0.1, -0.05) is 11.6 Å². The number of hydrogen-bond donors (Lipinski definition) is 1. The maximum atomic E-state index is 11.2. The monoisotopic (exact) mass is 254 g/mol. The van der Waals surface area contributed by atoms with E-state index >= 15 is 0 Å². The normalized spacial score (nSPS) is 10.2. The standard InChI is InChI=1S/C11H10ClNO4/c1-17-9-3-2-7(6-8(9)12)13-10(14)4-5-11(15)16/h2-6H,1H3,(H,13,14)(H,15,16)/p-1. The van der Waals surface area contributed by atoms with Gasteiger partial charge in [-0.05, 0) is 24.3 Å². The van der Waals surface area contributed by atoms with Crippen LogP contribution in [0, 0.1) is 0 Å². The number of amides is 1. The summed E-state index contributed by atoms with van der Waals surface area (Å²) in [7, 11) is 1.47. The Labute approximate surface area is 103 Å². The fraction of sp³-hybridized carbons (Fsp3) is 0.0909. The molecule has 0 radical (unpaired) electrons. The Morgan fingerprint density at radius 3 is 2.65 bits per heavy atom. The molecule has 1 aromatic carbocycles. The molecule has 1 amide bonds. The number of hydrogen-bond acceptors (Lipinski definition) is 4. The number of aliphatic carboxylic acids is 1. The van der Waals surface area contributed by atoms with Gasteiger partial charge < -0.3 is 20.0 Å². The number of carbonyl (C=O) groups excluding carboxylic acids is 2. The first kappa shape index (κ1) is 13.1. The molecule has 17 heavy (non-hydrogen) atoms. The minimum absolute atomic E-state index is 0.342. The lowest BCUT2D eigenvalue weighted by molar-refractivity contribution is -0.297. The van der Waals surface area contributed by atoms with Crippen LogP contribution in [-0.2, 0) is 9.59 Å². The summed E-state index contributed by atoms with van der Waals surface area (Å²) in [5.74, 6) is -1.54. The van der Waals surface area contributed by atoms with E-state index in [-0.39, 0.29) is 0 Å². The lowest BCUT2D eigenvalue weighted by Gasteiger charge is -2.06. The summed E-state index contributed by atoms with van der Waals surface area (Å²) in [6.07, 6.45) is 1.49. The highest BCUT2D eigenvalue weighted by molar-refractivity contribution is 6.32. The van der Waals surface area contributed by atoms with E-state index in [0.717, 1.165) is 6.08 Å². The molecule has 1 N–H and O–H groups in total. The number of halogens is 1. The minimum Gasteiger partial charge on any atom is -0.545 e. The molecule has 0 bridgehead atoms. The smallest absolute Gasteiger partial charge is 0.248 e. The van der Waals surface area contributed by atoms with Gasteiger partial charge in [0, 0.05) is 11.8 Å². The average molecular weight is 255 g/mol. The predicted octanol–water partition coefficient (Wildman–Crippen LogP) is 0.593. The summed E-state index contributed by atoms with van der Waals surface area (Å²) >= 11 is 5.84. The van der Waals surface area contributed by atoms with Crippen molar-refractivity contribution in [2.24, 2.45) is 0 Å². The van der Waals surface area contributed by atoms with Crippen LogP contribution >= 0.6 is 11.6 Å². The molecule has 0 heterocycles. The topological polar surface area (TPSA) is 78.5 Å². The number of ether oxygens (including phenoxy) is 1. The van der Waals surface area contributed by atoms with Crippen molar-refractivity contribution in [1.29, 1.82) is 0 Å². The number of carbonyl (C=O) groups is 2. The summed E-state index contributed by atoms with van der Waals surface area (Å²) < 4.78 is 4.94. The summed E-state index contributed by atoms with van der Waals surface area (Å²) in [4.78, 5) is 21.3. The third kappa shape index (κ3) is 4.16. The van der Waals surface area contributed by atoms with Gasteiger partial charge in [0.2, 0.25) is 5.91 Å². The lowest BCUT2D eigenvalue weighted by atomic mass is 10.3. The van der Waals surface area contributed by atoms with Crippen LogP contribution < -0.4 is 15.2 Å². The zero-order valence-electron chi connectivity index (χ0n) is 8.90. The van der Waals surface area contributed by atoms with Crippen molar-refractivity contribution in [2.45, 2.75) is 0 Å². The van der Waals surface area contributed by atoms with Crippen molar-refractivity contribution in [3.8, 4) is 5.75 Å². The van der Waals surface area contributed by atoms with Crippen molar-refractivity contribution >= 4 is 29.2 Å². The molecule has 0 aliphatic heterocycles. The molecular formula is C11H9ClNO4-. The van der Waals surface area contributed by atoms with E-state index in [4.69, 9.17) is 16.3 Å². The quantitative estimate of drug-likeness (QED) is 0.798. The summed E-state index contributed by atoms with van der Waals surface area (Å²) in [6, 6.07) is 4.65. The van der Waals surface area contributed by atoms with Crippen molar-refractivity contribution in [2.75, 3.05) is 12.4 Å². The molecule has 0 saturated carbocycles. The number of benzene rings is 1. The second kappa shape index (κ2) is 5.91. The Hall–Kier alpha value is -2.01. The maximum absolute atomic E-state index is 11.2. The highest BCUT2D eigenvalue weighted by Gasteiger charge is 2.03. The van der Waals surface area contributed by atoms with Gasteiger partial charge in [-0.2, -0.15) is 0 Å². The number of methoxy groups -OCH3 is 1. The molecule has 0 fully saturated rings. The lowest BCUT2D eigenvalue weighted by Crippen LogP contribution is -2.20. The maximum Gasteiger partial charge on any atom is 0.248 e. The zero-order valence-corrected chi connectivity index (χ0v) is 9.65. The highest BCUT2D eigenvalue weighted by Crippen LogP contribution is 2.27. The van der Waals surface area contributed by atoms with E-state index in [1.165, 1.54) is 13.2 Å². The van der Waals surface area contributed by atoms with Crippen LogP contribution in [0.3, 0.4) is 0 Å². The number of rotatable bonds is 4. The van der Waals surface area contributed by atoms with Gasteiger partial charge >= 0.3 is 0 Å². The molecular weight excluding hydrogens is 246 g/mol. The first-order valence-corrected chi connectivity index (χ1v) is 4.94. The molecule has 5 nitrogen and oxygen atoms in total. The fourth-order valence-electron chi connectivity index (χ4n) is 1.07. The molecule has 1 aromatic rings. The van der Waals surface area contributed by atoms with Gasteiger partial charge in [0.1, 0.15) is 5.75 Å². The van der Waals surface area contributed by atoms with E-state index in [0.29, 0.717) is 22.5 Å². The van der Waals surface area contributed by atoms with Crippen LogP contribution in [0.4, 0.5) is 5.69 Å². The van der Waals surface area contributed by atoms with Crippen LogP contribution in [0.5, 0.6) is 5.75 Å². The first-order chi connectivity index (χ1) is 8.02. The molecule has 0 aromatic heterocycles. The van der Waals surface area contributed by atoms with E-state index < -0.39 is 11.9 Å². The van der Waals surface area contributed by atoms with E-state index in [2.05, 4.69) is 5.32 Å². The largest absolute Gasteiger partial charge is 0.545 e. The van der Waals surface area contributed by atoms with Crippen molar-refractivity contribution < 1.29 is 19.4 Å². The number of nitrogens with one attached hydrogen (secondary N) is 1. The second-order valence-corrected chi connectivity index (χ2v) is 3.40. The molecule has 0 atom stereocenters. The predicted molar refractivity (Wildman–Crippen MR) is 60.8 cm³/mol. The average Bonchev–Trinajstić information content (AvgIpc) is 2.26. The summed E-state index contributed by atoms with van der Waals surface area (Å²) in [5.41, 5.74) is 0.434. The molecule has 0 saturated heterocycles. The SMILES string of the molecule is COc1ccc(NC(=O)C=CC(=O)[O-])cc1Cl. The van der Waals surface area contributed by atoms with Crippen molar-refractivity contribution in [3.63, 3.8) is 0 Å². The number of carboxylic acids is 1. The number of carboxylic acid groups (broad SMARTS) is 1. The fourth-order valence-corrected chi connectivity index (χ4v) is 1.33. The molecule has 1 rings (SSSR count). The van der Waals surface area contributed by atoms with Gasteiger partial charge in [0.25, 0.3) is 0 Å². The zero-order chi connectivity index (χ0) is 12.8. The Bertz CT molecular complexity index is 471. The molecule has 0 unspecified atom stereocenters. The number of anilines is 1. The van der Waals surface area contributed by atoms with Gasteiger partial charge in [-0.15, -0.1) is 0 Å². The Morgan fingerprint density at radius 2 is 2.12 bits per heavy atom. The Balaban J connectivity index is 2.72. The second-order valence-electron chi connectivity index (χ2n) is 2.99. The van der Waals surface area contributed by atoms with Crippen LogP contribution in [0.2, 0.25) is 5.02 Å². The third-order valence-corrected chi connectivity index (χ3v) is 2.09. The van der Waals surface area contributed by atoms with Crippen LogP contribution in [0.1, 0.15) is 0 Å². The molecule has 0 spiro atoms. The Morgan fingerprint density at radius 1 is 1.41 bits per heavy atom. The van der Waals surface area contributed by atoms with E-state index in [1.54, 1.807) is 12.1 Å². The van der Waals surface area contributed by atoms with Crippen LogP contribution in [0.15, 0.2) is 30.4 Å². The minimum atomic E-state index is -1.44. The van der Waals surface area contributed by atoms with Gasteiger partial charge in [0.15, 0.2) is 0 Å². The molecule has 0 aliphatic carbocycles. The molecule has 0 aliphatic rings. The molecule has 90 valence electrons. The van der Waals surface area contributed by atoms with Crippen molar-refractivity contribution in [3.05, 3.63) is 35.4 Å². The van der Waals surface area contributed by atoms with E-state index in [1.807, 2.05) is 0 Å². The van der Waals surface area contributed by atoms with Gasteiger partial charge in [0.05, 0.1) is 18.1 Å². The Kier molecular flexibility index (Phi) is 4.54. The van der Waals surface area contributed by atoms with E-state index in [9.17, 15) is 14.7 Å². The summed E-state index contributed by atoms with van der Waals surface area (Å²) in [6.45, 7) is 0. The van der Waals surface area contributed by atoms with Gasteiger partial charge in [-0.3, -0.25) is 4.79 Å². The van der Waals surface area contributed by atoms with Gasteiger partial charge in [-0.25, -0.2) is 0 Å².